The highest BCUT2D eigenvalue weighted by Gasteiger charge is 2.30. The molecule has 1 unspecified atom stereocenters. The first-order valence-electron chi connectivity index (χ1n) is 9.87. The van der Waals surface area contributed by atoms with Crippen molar-refractivity contribution in [2.75, 3.05) is 33.7 Å². The van der Waals surface area contributed by atoms with Crippen LogP contribution in [0, 0.1) is 0 Å². The number of ether oxygens (including phenoxy) is 1. The summed E-state index contributed by atoms with van der Waals surface area (Å²) in [5, 5.41) is 10.8. The van der Waals surface area contributed by atoms with Crippen LogP contribution < -0.4 is 4.74 Å². The highest BCUT2D eigenvalue weighted by atomic mass is 16.5. The van der Waals surface area contributed by atoms with Gasteiger partial charge in [0, 0.05) is 19.6 Å². The molecule has 2 aliphatic rings. The van der Waals surface area contributed by atoms with E-state index in [1.165, 1.54) is 31.2 Å². The van der Waals surface area contributed by atoms with Crippen molar-refractivity contribution in [2.24, 2.45) is 0 Å². The van der Waals surface area contributed by atoms with E-state index in [1.54, 1.807) is 0 Å². The van der Waals surface area contributed by atoms with Crippen molar-refractivity contribution in [3.63, 3.8) is 0 Å². The molecule has 1 N–H and O–H groups in total. The maximum Gasteiger partial charge on any atom is 0.119 e. The maximum atomic E-state index is 10.8. The van der Waals surface area contributed by atoms with Gasteiger partial charge in [0.2, 0.25) is 0 Å². The van der Waals surface area contributed by atoms with E-state index in [2.05, 4.69) is 34.1 Å². The molecule has 1 aromatic carbocycles. The molecule has 0 amide bonds. The minimum atomic E-state index is -0.531. The molecule has 0 aromatic heterocycles. The van der Waals surface area contributed by atoms with E-state index in [-0.39, 0.29) is 0 Å². The maximum absolute atomic E-state index is 10.8. The molecule has 0 radical (unpaired) electrons. The molecule has 140 valence electrons. The van der Waals surface area contributed by atoms with Gasteiger partial charge < -0.3 is 14.7 Å². The summed E-state index contributed by atoms with van der Waals surface area (Å²) < 4.78 is 6.05. The number of aliphatic hydroxyl groups is 1. The third-order valence-corrected chi connectivity index (χ3v) is 5.55. The first-order chi connectivity index (χ1) is 12.0. The highest BCUT2D eigenvalue weighted by molar-refractivity contribution is 5.27. The van der Waals surface area contributed by atoms with Crippen LogP contribution in [0.4, 0.5) is 0 Å². The molecule has 1 heterocycles. The summed E-state index contributed by atoms with van der Waals surface area (Å²) in [5.41, 5.74) is 0.800. The van der Waals surface area contributed by atoms with Crippen LogP contribution in [0.15, 0.2) is 24.3 Å². The zero-order valence-corrected chi connectivity index (χ0v) is 15.9. The Bertz CT molecular complexity index is 525. The van der Waals surface area contributed by atoms with Crippen LogP contribution in [-0.2, 0) is 6.54 Å². The van der Waals surface area contributed by atoms with Crippen molar-refractivity contribution in [3.8, 4) is 5.75 Å². The molecule has 0 spiro atoms. The van der Waals surface area contributed by atoms with E-state index >= 15 is 0 Å². The fourth-order valence-corrected chi connectivity index (χ4v) is 4.27. The summed E-state index contributed by atoms with van der Waals surface area (Å²) in [5.74, 6) is 1.01. The van der Waals surface area contributed by atoms with Crippen molar-refractivity contribution >= 4 is 0 Å². The molecule has 1 aliphatic carbocycles. The quantitative estimate of drug-likeness (QED) is 0.857. The van der Waals surface area contributed by atoms with Crippen LogP contribution in [0.2, 0.25) is 0 Å². The molecule has 1 saturated heterocycles. The predicted molar refractivity (Wildman–Crippen MR) is 102 cm³/mol. The summed E-state index contributed by atoms with van der Waals surface area (Å²) in [7, 11) is 4.08. The van der Waals surface area contributed by atoms with Gasteiger partial charge in [-0.1, -0.05) is 12.1 Å². The molecule has 0 bridgehead atoms. The minimum absolute atomic E-state index is 0.422. The average Bonchev–Trinajstić information content (AvgIpc) is 3.00. The molecule has 1 aliphatic heterocycles. The predicted octanol–water partition coefficient (Wildman–Crippen LogP) is 3.29. The molecule has 2 fully saturated rings. The van der Waals surface area contributed by atoms with Gasteiger partial charge in [0.1, 0.15) is 5.75 Å². The number of benzene rings is 1. The van der Waals surface area contributed by atoms with Gasteiger partial charge in [-0.05, 0) is 83.3 Å². The SMILES string of the molecule is CN(C)CC1(O)CCCN(Cc2ccc(OC3CCCC3)cc2)CC1. The molecule has 4 heteroatoms. The van der Waals surface area contributed by atoms with Crippen LogP contribution in [0.3, 0.4) is 0 Å². The molecule has 1 saturated carbocycles. The zero-order chi connectivity index (χ0) is 17.7. The van der Waals surface area contributed by atoms with Crippen LogP contribution in [-0.4, -0.2) is 60.3 Å². The Kier molecular flexibility index (Phi) is 6.37. The molecular formula is C21H34N2O2. The van der Waals surface area contributed by atoms with E-state index in [0.717, 1.165) is 51.2 Å². The van der Waals surface area contributed by atoms with Crippen molar-refractivity contribution < 1.29 is 9.84 Å². The molecule has 1 aromatic rings. The molecule has 4 nitrogen and oxygen atoms in total. The van der Waals surface area contributed by atoms with Gasteiger partial charge in [0.25, 0.3) is 0 Å². The topological polar surface area (TPSA) is 35.9 Å². The number of rotatable bonds is 6. The van der Waals surface area contributed by atoms with Crippen LogP contribution in [0.5, 0.6) is 5.75 Å². The van der Waals surface area contributed by atoms with Gasteiger partial charge in [-0.25, -0.2) is 0 Å². The van der Waals surface area contributed by atoms with E-state index < -0.39 is 5.60 Å². The fourth-order valence-electron chi connectivity index (χ4n) is 4.27. The van der Waals surface area contributed by atoms with E-state index in [0.29, 0.717) is 6.10 Å². The van der Waals surface area contributed by atoms with Gasteiger partial charge >= 0.3 is 0 Å². The van der Waals surface area contributed by atoms with E-state index in [9.17, 15) is 5.11 Å². The Morgan fingerprint density at radius 3 is 2.48 bits per heavy atom. The van der Waals surface area contributed by atoms with Gasteiger partial charge in [0.05, 0.1) is 11.7 Å². The first kappa shape index (κ1) is 18.7. The van der Waals surface area contributed by atoms with Crippen LogP contribution in [0.1, 0.15) is 50.5 Å². The Balaban J connectivity index is 1.50. The third kappa shape index (κ3) is 5.70. The Hall–Kier alpha value is -1.10. The number of likely N-dealkylation sites (tertiary alicyclic amines) is 1. The lowest BCUT2D eigenvalue weighted by molar-refractivity contribution is 0.00258. The summed E-state index contributed by atoms with van der Waals surface area (Å²) in [4.78, 5) is 4.57. The second-order valence-electron chi connectivity index (χ2n) is 8.26. The summed E-state index contributed by atoms with van der Waals surface area (Å²) in [6, 6.07) is 8.63. The molecule has 1 atom stereocenters. The van der Waals surface area contributed by atoms with Gasteiger partial charge in [-0.3, -0.25) is 4.90 Å². The average molecular weight is 347 g/mol. The van der Waals surface area contributed by atoms with Crippen molar-refractivity contribution in [2.45, 2.75) is 63.2 Å². The number of likely N-dealkylation sites (N-methyl/N-ethyl adjacent to an activating group) is 1. The lowest BCUT2D eigenvalue weighted by atomic mass is 9.94. The summed E-state index contributed by atoms with van der Waals surface area (Å²) in [6.07, 6.45) is 8.25. The van der Waals surface area contributed by atoms with Gasteiger partial charge in [-0.2, -0.15) is 0 Å². The van der Waals surface area contributed by atoms with Crippen molar-refractivity contribution in [1.29, 1.82) is 0 Å². The normalized spacial score (nSPS) is 26.1. The number of hydrogen-bond acceptors (Lipinski definition) is 4. The van der Waals surface area contributed by atoms with Crippen LogP contribution >= 0.6 is 0 Å². The van der Waals surface area contributed by atoms with Crippen LogP contribution in [0.25, 0.3) is 0 Å². The van der Waals surface area contributed by atoms with E-state index in [1.807, 2.05) is 14.1 Å². The monoisotopic (exact) mass is 346 g/mol. The summed E-state index contributed by atoms with van der Waals surface area (Å²) >= 11 is 0. The Morgan fingerprint density at radius 2 is 1.80 bits per heavy atom. The smallest absolute Gasteiger partial charge is 0.119 e. The summed E-state index contributed by atoms with van der Waals surface area (Å²) in [6.45, 7) is 3.75. The first-order valence-corrected chi connectivity index (χ1v) is 9.87. The Labute approximate surface area is 152 Å². The largest absolute Gasteiger partial charge is 0.490 e. The second kappa shape index (κ2) is 8.52. The molecule has 3 rings (SSSR count). The zero-order valence-electron chi connectivity index (χ0n) is 15.9. The highest BCUT2D eigenvalue weighted by Crippen LogP contribution is 2.26. The van der Waals surface area contributed by atoms with Gasteiger partial charge in [0.15, 0.2) is 0 Å². The standard InChI is InChI=1S/C21H34N2O2/c1-22(2)17-21(24)12-5-14-23(15-13-21)16-18-8-10-20(11-9-18)25-19-6-3-4-7-19/h8-11,19,24H,3-7,12-17H2,1-2H3. The lowest BCUT2D eigenvalue weighted by Crippen LogP contribution is -2.40. The van der Waals surface area contributed by atoms with E-state index in [4.69, 9.17) is 4.74 Å². The third-order valence-electron chi connectivity index (χ3n) is 5.55. The minimum Gasteiger partial charge on any atom is -0.490 e. The molecular weight excluding hydrogens is 312 g/mol. The fraction of sp³-hybridized carbons (Fsp3) is 0.714. The molecule has 25 heavy (non-hydrogen) atoms. The second-order valence-corrected chi connectivity index (χ2v) is 8.26. The number of hydrogen-bond donors (Lipinski definition) is 1. The van der Waals surface area contributed by atoms with Crippen molar-refractivity contribution in [3.05, 3.63) is 29.8 Å². The lowest BCUT2D eigenvalue weighted by Gasteiger charge is -2.30. The Morgan fingerprint density at radius 1 is 1.08 bits per heavy atom. The van der Waals surface area contributed by atoms with Crippen molar-refractivity contribution in [1.82, 2.24) is 9.80 Å². The number of nitrogens with zero attached hydrogens (tertiary/aromatic N) is 2. The van der Waals surface area contributed by atoms with Gasteiger partial charge in [-0.15, -0.1) is 0 Å².